The van der Waals surface area contributed by atoms with E-state index in [-0.39, 0.29) is 17.0 Å². The molecule has 9 heteroatoms. The molecule has 0 bridgehead atoms. The molecule has 2 rings (SSSR count). The van der Waals surface area contributed by atoms with Crippen molar-refractivity contribution < 1.29 is 13.2 Å². The Morgan fingerprint density at radius 3 is 2.48 bits per heavy atom. The van der Waals surface area contributed by atoms with Gasteiger partial charge in [-0.15, -0.1) is 0 Å². The van der Waals surface area contributed by atoms with E-state index >= 15 is 0 Å². The number of aryl methyl sites for hydroxylation is 1. The van der Waals surface area contributed by atoms with Crippen molar-refractivity contribution in [3.63, 3.8) is 0 Å². The van der Waals surface area contributed by atoms with Crippen molar-refractivity contribution in [2.24, 2.45) is 0 Å². The van der Waals surface area contributed by atoms with Crippen LogP contribution in [0.15, 0.2) is 42.2 Å². The number of hydrogen-bond acceptors (Lipinski definition) is 5. The van der Waals surface area contributed by atoms with Crippen molar-refractivity contribution in [2.45, 2.75) is 33.0 Å². The summed E-state index contributed by atoms with van der Waals surface area (Å²) in [4.78, 5) is 8.06. The number of benzene rings is 1. The molecular formula is C18H19ClF3N5. The second-order valence-electron chi connectivity index (χ2n) is 6.02. The molecule has 1 atom stereocenters. The molecule has 0 aliphatic heterocycles. The van der Waals surface area contributed by atoms with Crippen molar-refractivity contribution in [3.8, 4) is 0 Å². The van der Waals surface area contributed by atoms with Crippen LogP contribution in [0, 0.1) is 12.3 Å². The summed E-state index contributed by atoms with van der Waals surface area (Å²) in [6.45, 7) is 5.29. The minimum absolute atomic E-state index is 0.0706. The van der Waals surface area contributed by atoms with Crippen LogP contribution in [0.5, 0.6) is 0 Å². The molecule has 0 fully saturated rings. The Morgan fingerprint density at radius 1 is 1.26 bits per heavy atom. The van der Waals surface area contributed by atoms with Gasteiger partial charge in [0.1, 0.15) is 11.5 Å². The minimum Gasteiger partial charge on any atom is -0.363 e. The van der Waals surface area contributed by atoms with Crippen molar-refractivity contribution in [1.82, 2.24) is 9.97 Å². The van der Waals surface area contributed by atoms with Gasteiger partial charge in [-0.3, -0.25) is 5.41 Å². The molecule has 0 spiro atoms. The highest BCUT2D eigenvalue weighted by Crippen LogP contribution is 2.23. The van der Waals surface area contributed by atoms with Crippen LogP contribution in [0.1, 0.15) is 31.0 Å². The molecular weight excluding hydrogens is 379 g/mol. The number of anilines is 2. The summed E-state index contributed by atoms with van der Waals surface area (Å²) in [5, 5.41) is 13.2. The molecule has 2 aromatic rings. The van der Waals surface area contributed by atoms with Crippen LogP contribution in [0.25, 0.3) is 0 Å². The highest BCUT2D eigenvalue weighted by Gasteiger charge is 2.32. The molecule has 0 aliphatic rings. The van der Waals surface area contributed by atoms with Gasteiger partial charge in [-0.1, -0.05) is 12.1 Å². The van der Waals surface area contributed by atoms with Gasteiger partial charge in [0.15, 0.2) is 0 Å². The van der Waals surface area contributed by atoms with Gasteiger partial charge in [-0.05, 0) is 56.1 Å². The van der Waals surface area contributed by atoms with Crippen LogP contribution >= 0.6 is 11.6 Å². The van der Waals surface area contributed by atoms with Crippen LogP contribution in [0.4, 0.5) is 24.7 Å². The van der Waals surface area contributed by atoms with Crippen LogP contribution < -0.4 is 10.6 Å². The lowest BCUT2D eigenvalue weighted by Gasteiger charge is -2.17. The first kappa shape index (κ1) is 20.7. The number of alkyl halides is 3. The summed E-state index contributed by atoms with van der Waals surface area (Å²) >= 11 is 5.82. The van der Waals surface area contributed by atoms with Gasteiger partial charge in [0, 0.05) is 29.2 Å². The molecule has 1 heterocycles. The van der Waals surface area contributed by atoms with Crippen LogP contribution in [0.3, 0.4) is 0 Å². The monoisotopic (exact) mass is 397 g/mol. The fourth-order valence-electron chi connectivity index (χ4n) is 2.27. The van der Waals surface area contributed by atoms with E-state index in [1.54, 1.807) is 18.3 Å². The standard InChI is InChI=1S/C18H19ClF3N5/c1-10-9-24-17(19)27-16(10)26-12(3)13-4-6-14(7-5-13)25-11(2)8-15(23)18(20,21)22/h4-9,12,23,25H,1-3H3,(H,24,26,27)/b11-8-,23-15?. The zero-order valence-corrected chi connectivity index (χ0v) is 15.7. The molecule has 144 valence electrons. The molecule has 0 saturated carbocycles. The van der Waals surface area contributed by atoms with E-state index in [0.717, 1.165) is 17.2 Å². The van der Waals surface area contributed by atoms with Gasteiger partial charge in [0.25, 0.3) is 0 Å². The van der Waals surface area contributed by atoms with Gasteiger partial charge >= 0.3 is 6.18 Å². The zero-order chi connectivity index (χ0) is 20.2. The van der Waals surface area contributed by atoms with E-state index < -0.39 is 11.9 Å². The minimum atomic E-state index is -4.66. The van der Waals surface area contributed by atoms with E-state index in [9.17, 15) is 13.2 Å². The van der Waals surface area contributed by atoms with Crippen LogP contribution in [-0.4, -0.2) is 21.9 Å². The van der Waals surface area contributed by atoms with Crippen molar-refractivity contribution in [1.29, 1.82) is 5.41 Å². The Hall–Kier alpha value is -2.61. The number of halogens is 4. The fraction of sp³-hybridized carbons (Fsp3) is 0.278. The first-order valence-electron chi connectivity index (χ1n) is 8.03. The Morgan fingerprint density at radius 2 is 1.89 bits per heavy atom. The largest absolute Gasteiger partial charge is 0.432 e. The van der Waals surface area contributed by atoms with Gasteiger partial charge in [0.2, 0.25) is 5.28 Å². The Balaban J connectivity index is 2.05. The van der Waals surface area contributed by atoms with Crippen molar-refractivity contribution >= 4 is 28.8 Å². The van der Waals surface area contributed by atoms with E-state index in [4.69, 9.17) is 17.0 Å². The summed E-state index contributed by atoms with van der Waals surface area (Å²) in [5.74, 6) is 0.633. The number of nitrogens with one attached hydrogen (secondary N) is 3. The molecule has 0 radical (unpaired) electrons. The highest BCUT2D eigenvalue weighted by atomic mass is 35.5. The van der Waals surface area contributed by atoms with E-state index in [1.807, 2.05) is 26.0 Å². The molecule has 1 aromatic carbocycles. The topological polar surface area (TPSA) is 73.7 Å². The SMILES string of the molecule is C/C(=C/C(=N)C(F)(F)F)Nc1ccc(C(C)Nc2nc(Cl)ncc2C)cc1. The quantitative estimate of drug-likeness (QED) is 0.444. The Labute approximate surface area is 160 Å². The lowest BCUT2D eigenvalue weighted by atomic mass is 10.1. The molecule has 0 aliphatic carbocycles. The first-order chi connectivity index (χ1) is 12.6. The summed E-state index contributed by atoms with van der Waals surface area (Å²) in [5.41, 5.74) is 1.26. The molecule has 5 nitrogen and oxygen atoms in total. The number of hydrogen-bond donors (Lipinski definition) is 3. The van der Waals surface area contributed by atoms with Gasteiger partial charge in [-0.25, -0.2) is 9.97 Å². The third-order valence-electron chi connectivity index (χ3n) is 3.71. The maximum absolute atomic E-state index is 12.4. The molecule has 3 N–H and O–H groups in total. The Kier molecular flexibility index (Phi) is 6.43. The maximum atomic E-state index is 12.4. The maximum Gasteiger partial charge on any atom is 0.432 e. The number of aromatic nitrogens is 2. The highest BCUT2D eigenvalue weighted by molar-refractivity contribution is 6.28. The molecule has 1 aromatic heterocycles. The van der Waals surface area contributed by atoms with Crippen LogP contribution in [-0.2, 0) is 0 Å². The fourth-order valence-corrected chi connectivity index (χ4v) is 2.41. The molecule has 0 saturated heterocycles. The third kappa shape index (κ3) is 5.96. The smallest absolute Gasteiger partial charge is 0.363 e. The number of nitrogens with zero attached hydrogens (tertiary/aromatic N) is 2. The number of rotatable bonds is 6. The van der Waals surface area contributed by atoms with E-state index in [1.165, 1.54) is 6.92 Å². The third-order valence-corrected chi connectivity index (χ3v) is 3.90. The van der Waals surface area contributed by atoms with Crippen molar-refractivity contribution in [2.75, 3.05) is 10.6 Å². The normalized spacial score (nSPS) is 13.2. The number of allylic oxidation sites excluding steroid dienone is 2. The van der Waals surface area contributed by atoms with Gasteiger partial charge in [0.05, 0.1) is 0 Å². The zero-order valence-electron chi connectivity index (χ0n) is 14.9. The second-order valence-corrected chi connectivity index (χ2v) is 6.36. The van der Waals surface area contributed by atoms with Gasteiger partial charge in [-0.2, -0.15) is 13.2 Å². The average molecular weight is 398 g/mol. The van der Waals surface area contributed by atoms with E-state index in [0.29, 0.717) is 11.5 Å². The average Bonchev–Trinajstić information content (AvgIpc) is 2.57. The summed E-state index contributed by atoms with van der Waals surface area (Å²) in [6.07, 6.45) is -2.28. The molecule has 1 unspecified atom stereocenters. The van der Waals surface area contributed by atoms with Crippen molar-refractivity contribution in [3.05, 3.63) is 58.6 Å². The summed E-state index contributed by atoms with van der Waals surface area (Å²) in [6, 6.07) is 7.13. The molecule has 27 heavy (non-hydrogen) atoms. The second kappa shape index (κ2) is 8.39. The predicted octanol–water partition coefficient (Wildman–Crippen LogP) is 5.51. The predicted molar refractivity (Wildman–Crippen MR) is 101 cm³/mol. The summed E-state index contributed by atoms with van der Waals surface area (Å²) in [7, 11) is 0. The molecule has 0 amide bonds. The summed E-state index contributed by atoms with van der Waals surface area (Å²) < 4.78 is 37.2. The lowest BCUT2D eigenvalue weighted by molar-refractivity contribution is -0.0584. The van der Waals surface area contributed by atoms with Crippen LogP contribution in [0.2, 0.25) is 5.28 Å². The first-order valence-corrected chi connectivity index (χ1v) is 8.41. The van der Waals surface area contributed by atoms with Gasteiger partial charge < -0.3 is 10.6 Å². The Bertz CT molecular complexity index is 847. The van der Waals surface area contributed by atoms with E-state index in [2.05, 4.69) is 20.6 Å². The lowest BCUT2D eigenvalue weighted by Crippen LogP contribution is -2.20.